The molecule has 116 valence electrons. The number of aliphatic hydroxyl groups excluding tert-OH is 1. The van der Waals surface area contributed by atoms with E-state index in [4.69, 9.17) is 23.2 Å². The second-order valence-electron chi connectivity index (χ2n) is 4.58. The van der Waals surface area contributed by atoms with E-state index in [1.165, 1.54) is 36.4 Å². The second-order valence-corrected chi connectivity index (χ2v) is 5.45. The van der Waals surface area contributed by atoms with E-state index in [0.717, 1.165) is 0 Å². The molecule has 2 aromatic rings. The number of hydrazine groups is 1. The number of aliphatic hydroxyl groups is 1. The first kappa shape index (κ1) is 16.5. The molecule has 2 aromatic carbocycles. The lowest BCUT2D eigenvalue weighted by Gasteiger charge is -2.13. The molecule has 0 saturated heterocycles. The summed E-state index contributed by atoms with van der Waals surface area (Å²) in [6.07, 6.45) is -1.29. The third kappa shape index (κ3) is 4.59. The van der Waals surface area contributed by atoms with Crippen LogP contribution in [0.25, 0.3) is 0 Å². The standard InChI is InChI=1S/C15H13Cl2FN2O2/c16-10-5-9(6-11(17)7-10)14(21)8-15(22)20-19-13-4-2-1-3-12(13)18/h1-7,14,19,21H,8H2,(H,20,22). The van der Waals surface area contributed by atoms with Crippen molar-refractivity contribution in [1.82, 2.24) is 5.43 Å². The smallest absolute Gasteiger partial charge is 0.241 e. The minimum Gasteiger partial charge on any atom is -0.388 e. The molecular formula is C15H13Cl2FN2O2. The van der Waals surface area contributed by atoms with Gasteiger partial charge in [-0.1, -0.05) is 35.3 Å². The van der Waals surface area contributed by atoms with Gasteiger partial charge in [-0.15, -0.1) is 0 Å². The normalized spacial score (nSPS) is 11.8. The van der Waals surface area contributed by atoms with Crippen LogP contribution in [-0.4, -0.2) is 11.0 Å². The van der Waals surface area contributed by atoms with E-state index in [1.807, 2.05) is 0 Å². The van der Waals surface area contributed by atoms with Crippen molar-refractivity contribution >= 4 is 34.8 Å². The molecule has 0 fully saturated rings. The van der Waals surface area contributed by atoms with Gasteiger partial charge in [0, 0.05) is 10.0 Å². The number of hydrogen-bond acceptors (Lipinski definition) is 3. The fraction of sp³-hybridized carbons (Fsp3) is 0.133. The van der Waals surface area contributed by atoms with Gasteiger partial charge in [-0.05, 0) is 35.9 Å². The Hall–Kier alpha value is -1.82. The maximum absolute atomic E-state index is 13.4. The number of anilines is 1. The quantitative estimate of drug-likeness (QED) is 0.726. The lowest BCUT2D eigenvalue weighted by atomic mass is 10.1. The Labute approximate surface area is 136 Å². The summed E-state index contributed by atoms with van der Waals surface area (Å²) in [7, 11) is 0. The zero-order valence-electron chi connectivity index (χ0n) is 11.3. The van der Waals surface area contributed by atoms with Crippen LogP contribution in [0, 0.1) is 5.82 Å². The maximum atomic E-state index is 13.4. The van der Waals surface area contributed by atoms with Crippen LogP contribution in [0.15, 0.2) is 42.5 Å². The largest absolute Gasteiger partial charge is 0.388 e. The summed E-state index contributed by atoms with van der Waals surface area (Å²) in [5, 5.41) is 10.7. The molecule has 0 aliphatic carbocycles. The molecule has 0 saturated carbocycles. The third-order valence-corrected chi connectivity index (χ3v) is 3.30. The van der Waals surface area contributed by atoms with Crippen LogP contribution < -0.4 is 10.9 Å². The van der Waals surface area contributed by atoms with Gasteiger partial charge in [0.25, 0.3) is 0 Å². The number of hydrogen-bond donors (Lipinski definition) is 3. The molecular weight excluding hydrogens is 330 g/mol. The summed E-state index contributed by atoms with van der Waals surface area (Å²) in [4.78, 5) is 11.8. The van der Waals surface area contributed by atoms with Crippen molar-refractivity contribution in [1.29, 1.82) is 0 Å². The lowest BCUT2D eigenvalue weighted by molar-refractivity contribution is -0.122. The van der Waals surface area contributed by atoms with E-state index < -0.39 is 17.8 Å². The fourth-order valence-corrected chi connectivity index (χ4v) is 2.35. The average molecular weight is 343 g/mol. The molecule has 7 heteroatoms. The summed E-state index contributed by atoms with van der Waals surface area (Å²) in [5.74, 6) is -1.00. The van der Waals surface area contributed by atoms with E-state index >= 15 is 0 Å². The van der Waals surface area contributed by atoms with Crippen LogP contribution >= 0.6 is 23.2 Å². The zero-order chi connectivity index (χ0) is 16.1. The van der Waals surface area contributed by atoms with Gasteiger partial charge in [-0.3, -0.25) is 15.6 Å². The first-order valence-corrected chi connectivity index (χ1v) is 7.15. The van der Waals surface area contributed by atoms with Crippen molar-refractivity contribution in [2.24, 2.45) is 0 Å². The highest BCUT2D eigenvalue weighted by atomic mass is 35.5. The molecule has 22 heavy (non-hydrogen) atoms. The monoisotopic (exact) mass is 342 g/mol. The Morgan fingerprint density at radius 2 is 1.82 bits per heavy atom. The molecule has 0 spiro atoms. The molecule has 0 bridgehead atoms. The van der Waals surface area contributed by atoms with Gasteiger partial charge in [0.05, 0.1) is 18.2 Å². The summed E-state index contributed by atoms with van der Waals surface area (Å²) in [6.45, 7) is 0. The average Bonchev–Trinajstić information content (AvgIpc) is 2.45. The molecule has 2 rings (SSSR count). The van der Waals surface area contributed by atoms with Crippen LogP contribution in [0.1, 0.15) is 18.1 Å². The summed E-state index contributed by atoms with van der Waals surface area (Å²) in [5.41, 5.74) is 5.33. The van der Waals surface area contributed by atoms with E-state index in [-0.39, 0.29) is 12.1 Å². The van der Waals surface area contributed by atoms with Crippen molar-refractivity contribution in [2.45, 2.75) is 12.5 Å². The zero-order valence-corrected chi connectivity index (χ0v) is 12.8. The Morgan fingerprint density at radius 3 is 2.45 bits per heavy atom. The van der Waals surface area contributed by atoms with Crippen LogP contribution in [0.5, 0.6) is 0 Å². The van der Waals surface area contributed by atoms with Crippen LogP contribution in [0.4, 0.5) is 10.1 Å². The molecule has 0 radical (unpaired) electrons. The third-order valence-electron chi connectivity index (χ3n) is 2.86. The van der Waals surface area contributed by atoms with Crippen LogP contribution in [-0.2, 0) is 4.79 Å². The number of carbonyl (C=O) groups excluding carboxylic acids is 1. The van der Waals surface area contributed by atoms with Crippen molar-refractivity contribution in [3.8, 4) is 0 Å². The number of nitrogens with one attached hydrogen (secondary N) is 2. The van der Waals surface area contributed by atoms with Gasteiger partial charge in [0.2, 0.25) is 5.91 Å². The Balaban J connectivity index is 1.93. The van der Waals surface area contributed by atoms with Crippen molar-refractivity contribution in [3.05, 3.63) is 63.9 Å². The van der Waals surface area contributed by atoms with Crippen molar-refractivity contribution in [2.75, 3.05) is 5.43 Å². The van der Waals surface area contributed by atoms with E-state index in [2.05, 4.69) is 10.9 Å². The Kier molecular flexibility index (Phi) is 5.60. The predicted octanol–water partition coefficient (Wildman–Crippen LogP) is 3.70. The van der Waals surface area contributed by atoms with Gasteiger partial charge in [-0.25, -0.2) is 4.39 Å². The molecule has 0 aliphatic heterocycles. The summed E-state index contributed by atoms with van der Waals surface area (Å²) >= 11 is 11.7. The number of amides is 1. The van der Waals surface area contributed by atoms with E-state index in [9.17, 15) is 14.3 Å². The molecule has 4 nitrogen and oxygen atoms in total. The first-order chi connectivity index (χ1) is 10.5. The Bertz CT molecular complexity index is 662. The van der Waals surface area contributed by atoms with E-state index in [0.29, 0.717) is 15.6 Å². The minimum atomic E-state index is -1.07. The molecule has 1 unspecified atom stereocenters. The lowest BCUT2D eigenvalue weighted by Crippen LogP contribution is -2.30. The number of rotatable bonds is 5. The molecule has 1 amide bonds. The molecule has 1 atom stereocenters. The van der Waals surface area contributed by atoms with Crippen molar-refractivity contribution in [3.63, 3.8) is 0 Å². The fourth-order valence-electron chi connectivity index (χ4n) is 1.81. The second kappa shape index (κ2) is 7.45. The van der Waals surface area contributed by atoms with Crippen LogP contribution in [0.2, 0.25) is 10.0 Å². The summed E-state index contributed by atoms with van der Waals surface area (Å²) in [6, 6.07) is 10.5. The number of para-hydroxylation sites is 1. The van der Waals surface area contributed by atoms with Crippen molar-refractivity contribution < 1.29 is 14.3 Å². The van der Waals surface area contributed by atoms with E-state index in [1.54, 1.807) is 6.07 Å². The SMILES string of the molecule is O=C(CC(O)c1cc(Cl)cc(Cl)c1)NNc1ccccc1F. The highest BCUT2D eigenvalue weighted by Gasteiger charge is 2.14. The topological polar surface area (TPSA) is 61.4 Å². The minimum absolute atomic E-state index is 0.135. The molecule has 0 aliphatic rings. The van der Waals surface area contributed by atoms with Gasteiger partial charge in [0.15, 0.2) is 0 Å². The van der Waals surface area contributed by atoms with Gasteiger partial charge in [0.1, 0.15) is 5.82 Å². The van der Waals surface area contributed by atoms with Gasteiger partial charge >= 0.3 is 0 Å². The van der Waals surface area contributed by atoms with Gasteiger partial charge < -0.3 is 5.11 Å². The highest BCUT2D eigenvalue weighted by molar-refractivity contribution is 6.34. The Morgan fingerprint density at radius 1 is 1.18 bits per heavy atom. The number of carbonyl (C=O) groups is 1. The number of halogens is 3. The number of benzene rings is 2. The summed E-state index contributed by atoms with van der Waals surface area (Å²) < 4.78 is 13.4. The van der Waals surface area contributed by atoms with Crippen LogP contribution in [0.3, 0.4) is 0 Å². The molecule has 3 N–H and O–H groups in total. The highest BCUT2D eigenvalue weighted by Crippen LogP contribution is 2.25. The van der Waals surface area contributed by atoms with Gasteiger partial charge in [-0.2, -0.15) is 0 Å². The predicted molar refractivity (Wildman–Crippen MR) is 84.2 cm³/mol. The maximum Gasteiger partial charge on any atom is 0.241 e. The molecule has 0 aromatic heterocycles. The first-order valence-electron chi connectivity index (χ1n) is 6.39. The molecule has 0 heterocycles.